The van der Waals surface area contributed by atoms with Gasteiger partial charge in [0.2, 0.25) is 11.6 Å². The Kier molecular flexibility index (Phi) is 6.87. The number of benzene rings is 2. The minimum Gasteiger partial charge on any atom is -0.492 e. The summed E-state index contributed by atoms with van der Waals surface area (Å²) in [6, 6.07) is 9.26. The van der Waals surface area contributed by atoms with Gasteiger partial charge in [0.25, 0.3) is 10.1 Å². The van der Waals surface area contributed by atoms with Gasteiger partial charge in [-0.3, -0.25) is 4.55 Å². The Morgan fingerprint density at radius 1 is 1.16 bits per heavy atom. The average Bonchev–Trinajstić information content (AvgIpc) is 3.08. The summed E-state index contributed by atoms with van der Waals surface area (Å²) in [5, 5.41) is 43.2. The quantitative estimate of drug-likeness (QED) is 0.120. The van der Waals surface area contributed by atoms with E-state index in [2.05, 4.69) is 24.7 Å². The highest BCUT2D eigenvalue weighted by atomic mass is 32.2. The second-order valence-electron chi connectivity index (χ2n) is 6.08. The minimum atomic E-state index is -4.43. The third-order valence-corrected chi connectivity index (χ3v) is 5.63. The van der Waals surface area contributed by atoms with E-state index in [1.807, 2.05) is 0 Å². The van der Waals surface area contributed by atoms with Crippen LogP contribution in [-0.2, 0) is 19.5 Å². The van der Waals surface area contributed by atoms with Crippen molar-refractivity contribution in [3.63, 3.8) is 0 Å². The number of aromatic nitrogens is 2. The maximum atomic E-state index is 11.6. The van der Waals surface area contributed by atoms with Crippen LogP contribution < -0.4 is 0 Å². The third kappa shape index (κ3) is 5.10. The molecule has 0 bridgehead atoms. The number of carboxylic acids is 1. The molecule has 0 atom stereocenters. The molecule has 4 N–H and O–H groups in total. The van der Waals surface area contributed by atoms with E-state index in [4.69, 9.17) is 9.81 Å². The number of azo groups is 1. The van der Waals surface area contributed by atoms with Gasteiger partial charge in [0, 0.05) is 4.90 Å². The van der Waals surface area contributed by atoms with Crippen LogP contribution in [0.15, 0.2) is 62.5 Å². The molecule has 2 aromatic carbocycles. The fourth-order valence-corrected chi connectivity index (χ4v) is 3.43. The Morgan fingerprint density at radius 2 is 1.84 bits per heavy atom. The summed E-state index contributed by atoms with van der Waals surface area (Å²) in [4.78, 5) is 11.7. The number of aromatic carboxylic acids is 1. The van der Waals surface area contributed by atoms with Crippen LogP contribution >= 0.6 is 12.0 Å². The number of hydrogen-bond donors (Lipinski definition) is 4. The molecule has 0 amide bonds. The van der Waals surface area contributed by atoms with E-state index in [0.29, 0.717) is 16.9 Å². The van der Waals surface area contributed by atoms with Crippen molar-refractivity contribution in [2.24, 2.45) is 10.2 Å². The van der Waals surface area contributed by atoms with Crippen molar-refractivity contribution in [3.8, 4) is 11.6 Å². The number of carboxylic acid groups (broad SMARTS) is 1. The predicted octanol–water partition coefficient (Wildman–Crippen LogP) is 3.67. The molecule has 0 radical (unpaired) electrons. The van der Waals surface area contributed by atoms with Crippen molar-refractivity contribution >= 4 is 39.5 Å². The lowest BCUT2D eigenvalue weighted by molar-refractivity contribution is -0.432. The van der Waals surface area contributed by atoms with E-state index in [1.54, 1.807) is 19.1 Å². The van der Waals surface area contributed by atoms with E-state index in [0.717, 1.165) is 22.4 Å². The van der Waals surface area contributed by atoms with Gasteiger partial charge in [0.05, 0.1) is 28.3 Å². The van der Waals surface area contributed by atoms with Crippen LogP contribution in [0.3, 0.4) is 0 Å². The summed E-state index contributed by atoms with van der Waals surface area (Å²) < 4.78 is 36.6. The first-order valence-corrected chi connectivity index (χ1v) is 10.6. The van der Waals surface area contributed by atoms with Crippen LogP contribution in [0.1, 0.15) is 16.1 Å². The lowest BCUT2D eigenvalue weighted by Gasteiger charge is -2.04. The monoisotopic (exact) mass is 482 g/mol. The van der Waals surface area contributed by atoms with E-state index in [-0.39, 0.29) is 11.4 Å². The predicted molar refractivity (Wildman–Crippen MR) is 108 cm³/mol. The molecule has 15 heteroatoms. The van der Waals surface area contributed by atoms with Crippen LogP contribution in [0.4, 0.5) is 11.4 Å². The average molecular weight is 482 g/mol. The molecule has 3 rings (SSSR count). The lowest BCUT2D eigenvalue weighted by atomic mass is 10.2. The van der Waals surface area contributed by atoms with E-state index in [1.165, 1.54) is 18.2 Å². The van der Waals surface area contributed by atoms with E-state index >= 15 is 0 Å². The molecule has 0 unspecified atom stereocenters. The zero-order valence-electron chi connectivity index (χ0n) is 16.0. The van der Waals surface area contributed by atoms with Crippen molar-refractivity contribution < 1.29 is 42.6 Å². The largest absolute Gasteiger partial charge is 0.492 e. The zero-order chi connectivity index (χ0) is 23.5. The fraction of sp³-hybridized carbons (Fsp3) is 0.0588. The maximum Gasteiger partial charge on any atom is 0.358 e. The van der Waals surface area contributed by atoms with Crippen LogP contribution in [0.5, 0.6) is 5.88 Å². The highest BCUT2D eigenvalue weighted by Gasteiger charge is 2.24. The van der Waals surface area contributed by atoms with Gasteiger partial charge in [-0.2, -0.15) is 23.3 Å². The minimum absolute atomic E-state index is 0.106. The van der Waals surface area contributed by atoms with Crippen molar-refractivity contribution in [2.45, 2.75) is 16.7 Å². The Balaban J connectivity index is 1.99. The Hall–Kier alpha value is -3.34. The SMILES string of the molecule is Cc1ccc(N=Nc2c(C(=O)O)nn(-c3ccc(S(=O)(=O)O)cc3)c2O)cc1SOOO. The molecule has 1 heterocycles. The zero-order valence-corrected chi connectivity index (χ0v) is 17.6. The van der Waals surface area contributed by atoms with E-state index < -0.39 is 38.2 Å². The smallest absolute Gasteiger partial charge is 0.358 e. The topological polar surface area (TPSA) is 193 Å². The van der Waals surface area contributed by atoms with Gasteiger partial charge in [-0.15, -0.1) is 9.45 Å². The molecule has 13 nitrogen and oxygen atoms in total. The lowest BCUT2D eigenvalue weighted by Crippen LogP contribution is -2.02. The number of aryl methyl sites for hydroxylation is 1. The highest BCUT2D eigenvalue weighted by Crippen LogP contribution is 2.35. The molecule has 32 heavy (non-hydrogen) atoms. The molecule has 3 aromatic rings. The van der Waals surface area contributed by atoms with Crippen molar-refractivity contribution in [1.29, 1.82) is 0 Å². The van der Waals surface area contributed by atoms with Crippen molar-refractivity contribution in [3.05, 3.63) is 53.7 Å². The second-order valence-corrected chi connectivity index (χ2v) is 8.25. The Morgan fingerprint density at radius 3 is 2.44 bits per heavy atom. The first-order chi connectivity index (χ1) is 15.1. The molecule has 0 aliphatic carbocycles. The summed E-state index contributed by atoms with van der Waals surface area (Å²) in [6.07, 6.45) is 0. The van der Waals surface area contributed by atoms with Crippen LogP contribution in [0.25, 0.3) is 5.69 Å². The first kappa shape index (κ1) is 23.3. The highest BCUT2D eigenvalue weighted by molar-refractivity contribution is 7.94. The number of aromatic hydroxyl groups is 1. The molecular formula is C17H14N4O9S2. The van der Waals surface area contributed by atoms with Gasteiger partial charge in [0.15, 0.2) is 5.69 Å². The number of hydrogen-bond acceptors (Lipinski definition) is 11. The molecule has 1 aromatic heterocycles. The summed E-state index contributed by atoms with van der Waals surface area (Å²) >= 11 is 0.704. The maximum absolute atomic E-state index is 11.6. The molecule has 0 saturated heterocycles. The number of carbonyl (C=O) groups is 1. The number of nitrogens with zero attached hydrogens (tertiary/aromatic N) is 4. The normalized spacial score (nSPS) is 11.8. The molecular weight excluding hydrogens is 468 g/mol. The van der Waals surface area contributed by atoms with Gasteiger partial charge in [-0.1, -0.05) is 11.1 Å². The summed E-state index contributed by atoms with van der Waals surface area (Å²) in [7, 11) is -4.43. The Labute approximate surface area is 184 Å². The molecule has 0 spiro atoms. The Bertz CT molecular complexity index is 1290. The molecule has 0 fully saturated rings. The first-order valence-electron chi connectivity index (χ1n) is 8.42. The van der Waals surface area contributed by atoms with Crippen LogP contribution in [-0.4, -0.2) is 44.2 Å². The van der Waals surface area contributed by atoms with Crippen molar-refractivity contribution in [2.75, 3.05) is 0 Å². The molecule has 0 aliphatic rings. The molecule has 0 aliphatic heterocycles. The van der Waals surface area contributed by atoms with Gasteiger partial charge in [0.1, 0.15) is 0 Å². The van der Waals surface area contributed by atoms with Crippen LogP contribution in [0.2, 0.25) is 0 Å². The second kappa shape index (κ2) is 9.43. The van der Waals surface area contributed by atoms with Gasteiger partial charge in [-0.05, 0) is 48.9 Å². The molecule has 0 saturated carbocycles. The standard InChI is InChI=1S/C17H14N4O9S2/c1-9-2-3-10(8-13(9)31-30-29-25)18-19-14-15(17(23)24)20-21(16(14)22)11-4-6-12(7-5-11)32(26,27)28/h2-8,22,25H,1H3,(H,23,24)(H,26,27,28). The molecule has 168 valence electrons. The third-order valence-electron chi connectivity index (χ3n) is 4.01. The van der Waals surface area contributed by atoms with Gasteiger partial charge in [-0.25, -0.2) is 10.1 Å². The van der Waals surface area contributed by atoms with Crippen molar-refractivity contribution in [1.82, 2.24) is 9.78 Å². The van der Waals surface area contributed by atoms with E-state index in [9.17, 15) is 23.4 Å². The van der Waals surface area contributed by atoms with Gasteiger partial charge < -0.3 is 10.2 Å². The fourth-order valence-electron chi connectivity index (χ4n) is 2.48. The summed E-state index contributed by atoms with van der Waals surface area (Å²) in [5.74, 6) is -2.15. The summed E-state index contributed by atoms with van der Waals surface area (Å²) in [5.41, 5.74) is 0.0841. The van der Waals surface area contributed by atoms with Gasteiger partial charge >= 0.3 is 5.97 Å². The van der Waals surface area contributed by atoms with Crippen LogP contribution in [0, 0.1) is 6.92 Å². The summed E-state index contributed by atoms with van der Waals surface area (Å²) in [6.45, 7) is 1.76. The number of rotatable bonds is 8.